The number of amides is 1. The number of nitrogens with zero attached hydrogens (tertiary/aromatic N) is 3. The highest BCUT2D eigenvalue weighted by Gasteiger charge is 2.30. The number of hydrogen-bond donors (Lipinski definition) is 1. The summed E-state index contributed by atoms with van der Waals surface area (Å²) in [6.07, 6.45) is 0. The fraction of sp³-hybridized carbons (Fsp3) is 0.500. The number of anilines is 2. The Morgan fingerprint density at radius 1 is 1.17 bits per heavy atom. The Kier molecular flexibility index (Phi) is 4.17. The van der Waals surface area contributed by atoms with Crippen molar-refractivity contribution in [1.29, 1.82) is 0 Å². The van der Waals surface area contributed by atoms with Gasteiger partial charge in [0, 0.05) is 40.3 Å². The van der Waals surface area contributed by atoms with Crippen molar-refractivity contribution in [3.8, 4) is 5.75 Å². The monoisotopic (exact) mass is 340 g/mol. The van der Waals surface area contributed by atoms with Crippen molar-refractivity contribution in [3.63, 3.8) is 0 Å². The predicted octanol–water partition coefficient (Wildman–Crippen LogP) is -0.0541. The molecule has 1 saturated heterocycles. The van der Waals surface area contributed by atoms with Gasteiger partial charge in [0.15, 0.2) is 12.4 Å². The van der Waals surface area contributed by atoms with Crippen LogP contribution in [0.1, 0.15) is 0 Å². The minimum absolute atomic E-state index is 0.00100. The summed E-state index contributed by atoms with van der Waals surface area (Å²) in [6, 6.07) is 5.57. The van der Waals surface area contributed by atoms with Crippen LogP contribution in [0.2, 0.25) is 0 Å². The lowest BCUT2D eigenvalue weighted by Crippen LogP contribution is -2.51. The molecule has 0 atom stereocenters. The van der Waals surface area contributed by atoms with Crippen LogP contribution in [0.15, 0.2) is 18.2 Å². The summed E-state index contributed by atoms with van der Waals surface area (Å²) >= 11 is 0. The molecule has 0 aliphatic carbocycles. The Hall–Kier alpha value is -1.84. The molecule has 2 aliphatic rings. The summed E-state index contributed by atoms with van der Waals surface area (Å²) in [5.41, 5.74) is 1.53. The molecule has 9 heteroatoms. The average molecular weight is 340 g/mol. The molecule has 0 aromatic heterocycles. The van der Waals surface area contributed by atoms with Crippen molar-refractivity contribution in [2.24, 2.45) is 0 Å². The van der Waals surface area contributed by atoms with Crippen molar-refractivity contribution in [1.82, 2.24) is 8.61 Å². The number of carbonyl (C=O) groups excluding carboxylic acids is 1. The van der Waals surface area contributed by atoms with Crippen LogP contribution in [0.25, 0.3) is 0 Å². The van der Waals surface area contributed by atoms with Gasteiger partial charge in [-0.05, 0) is 12.1 Å². The van der Waals surface area contributed by atoms with E-state index in [0.717, 1.165) is 5.69 Å². The molecule has 1 N–H and O–H groups in total. The molecular formula is C14H20N4O4S. The highest BCUT2D eigenvalue weighted by atomic mass is 32.2. The maximum atomic E-state index is 12.2. The molecule has 126 valence electrons. The number of hydrogen-bond acceptors (Lipinski definition) is 5. The average Bonchev–Trinajstić information content (AvgIpc) is 2.54. The van der Waals surface area contributed by atoms with Crippen molar-refractivity contribution in [2.75, 3.05) is 57.1 Å². The Morgan fingerprint density at radius 2 is 1.87 bits per heavy atom. The Bertz CT molecular complexity index is 711. The zero-order valence-corrected chi connectivity index (χ0v) is 14.0. The Labute approximate surface area is 135 Å². The van der Waals surface area contributed by atoms with E-state index in [1.165, 1.54) is 22.7 Å². The normalized spacial score (nSPS) is 19.3. The highest BCUT2D eigenvalue weighted by Crippen LogP contribution is 2.38. The molecule has 2 aliphatic heterocycles. The fourth-order valence-electron chi connectivity index (χ4n) is 2.74. The second-order valence-electron chi connectivity index (χ2n) is 5.67. The van der Waals surface area contributed by atoms with Gasteiger partial charge in [-0.2, -0.15) is 17.0 Å². The first kappa shape index (κ1) is 16.0. The lowest BCUT2D eigenvalue weighted by atomic mass is 10.2. The molecule has 1 fully saturated rings. The lowest BCUT2D eigenvalue weighted by Gasteiger charge is -2.37. The van der Waals surface area contributed by atoms with Gasteiger partial charge in [-0.1, -0.05) is 6.07 Å². The van der Waals surface area contributed by atoms with Crippen LogP contribution in [0.4, 0.5) is 11.4 Å². The van der Waals surface area contributed by atoms with Gasteiger partial charge < -0.3 is 15.0 Å². The van der Waals surface area contributed by atoms with Crippen LogP contribution < -0.4 is 15.0 Å². The van der Waals surface area contributed by atoms with E-state index in [2.05, 4.69) is 10.2 Å². The Balaban J connectivity index is 1.77. The maximum absolute atomic E-state index is 12.2. The van der Waals surface area contributed by atoms with E-state index >= 15 is 0 Å². The van der Waals surface area contributed by atoms with E-state index in [1.54, 1.807) is 6.07 Å². The van der Waals surface area contributed by atoms with Crippen LogP contribution in [0, 0.1) is 0 Å². The van der Waals surface area contributed by atoms with E-state index in [1.807, 2.05) is 12.1 Å². The number of fused-ring (bicyclic) bond motifs is 1. The highest BCUT2D eigenvalue weighted by molar-refractivity contribution is 7.86. The summed E-state index contributed by atoms with van der Waals surface area (Å²) in [5.74, 6) is 0.479. The lowest BCUT2D eigenvalue weighted by molar-refractivity contribution is -0.118. The van der Waals surface area contributed by atoms with Crippen molar-refractivity contribution < 1.29 is 17.9 Å². The molecule has 0 unspecified atom stereocenters. The third kappa shape index (κ3) is 2.99. The van der Waals surface area contributed by atoms with Crippen LogP contribution in [-0.4, -0.2) is 69.8 Å². The minimum Gasteiger partial charge on any atom is -0.479 e. The molecule has 1 amide bonds. The second kappa shape index (κ2) is 5.99. The molecule has 0 spiro atoms. The Morgan fingerprint density at radius 3 is 2.52 bits per heavy atom. The number of ether oxygens (including phenoxy) is 1. The topological polar surface area (TPSA) is 82.2 Å². The third-order valence-corrected chi connectivity index (χ3v) is 5.92. The van der Waals surface area contributed by atoms with Crippen LogP contribution in [0.5, 0.6) is 5.75 Å². The van der Waals surface area contributed by atoms with E-state index < -0.39 is 10.2 Å². The zero-order chi connectivity index (χ0) is 16.6. The van der Waals surface area contributed by atoms with Gasteiger partial charge in [0.05, 0.1) is 11.4 Å². The van der Waals surface area contributed by atoms with Gasteiger partial charge in [-0.15, -0.1) is 0 Å². The number of piperazine rings is 1. The first-order chi connectivity index (χ1) is 10.9. The van der Waals surface area contributed by atoms with Crippen LogP contribution in [-0.2, 0) is 15.0 Å². The third-order valence-electron chi connectivity index (χ3n) is 3.98. The molecular weight excluding hydrogens is 320 g/mol. The van der Waals surface area contributed by atoms with Crippen molar-refractivity contribution >= 4 is 27.5 Å². The molecule has 1 aromatic rings. The molecule has 0 saturated carbocycles. The molecule has 2 heterocycles. The van der Waals surface area contributed by atoms with Gasteiger partial charge in [-0.25, -0.2) is 0 Å². The quantitative estimate of drug-likeness (QED) is 0.834. The SMILES string of the molecule is CN(C)S(=O)(=O)N1CCN(c2cccc3c2OCC(=O)N3)CC1. The number of para-hydroxylation sites is 1. The van der Waals surface area contributed by atoms with Crippen molar-refractivity contribution in [3.05, 3.63) is 18.2 Å². The molecule has 0 bridgehead atoms. The summed E-state index contributed by atoms with van der Waals surface area (Å²) in [4.78, 5) is 13.5. The van der Waals surface area contributed by atoms with Gasteiger partial charge >= 0.3 is 0 Å². The molecule has 8 nitrogen and oxygen atoms in total. The standard InChI is InChI=1S/C14H20N4O4S/c1-16(2)23(20,21)18-8-6-17(7-9-18)12-5-3-4-11-14(12)22-10-13(19)15-11/h3-5H,6-10H2,1-2H3,(H,15,19). The minimum atomic E-state index is -3.38. The van der Waals surface area contributed by atoms with Gasteiger partial charge in [-0.3, -0.25) is 4.79 Å². The van der Waals surface area contributed by atoms with Crippen molar-refractivity contribution in [2.45, 2.75) is 0 Å². The second-order valence-corrected chi connectivity index (χ2v) is 7.81. The zero-order valence-electron chi connectivity index (χ0n) is 13.2. The van der Waals surface area contributed by atoms with E-state index in [0.29, 0.717) is 37.6 Å². The maximum Gasteiger partial charge on any atom is 0.281 e. The summed E-state index contributed by atoms with van der Waals surface area (Å²) in [6.45, 7) is 1.97. The molecule has 0 radical (unpaired) electrons. The van der Waals surface area contributed by atoms with Crippen LogP contribution >= 0.6 is 0 Å². The first-order valence-corrected chi connectivity index (χ1v) is 8.77. The van der Waals surface area contributed by atoms with Gasteiger partial charge in [0.1, 0.15) is 0 Å². The van der Waals surface area contributed by atoms with Gasteiger partial charge in [0.25, 0.3) is 16.1 Å². The fourth-order valence-corrected chi connectivity index (χ4v) is 3.83. The largest absolute Gasteiger partial charge is 0.479 e. The number of nitrogens with one attached hydrogen (secondary N) is 1. The molecule has 1 aromatic carbocycles. The summed E-state index contributed by atoms with van der Waals surface area (Å²) in [5, 5.41) is 2.78. The molecule has 3 rings (SSSR count). The summed E-state index contributed by atoms with van der Waals surface area (Å²) < 4.78 is 32.6. The number of benzene rings is 1. The number of carbonyl (C=O) groups is 1. The first-order valence-electron chi connectivity index (χ1n) is 7.38. The van der Waals surface area contributed by atoms with E-state index in [9.17, 15) is 13.2 Å². The predicted molar refractivity (Wildman–Crippen MR) is 87.0 cm³/mol. The van der Waals surface area contributed by atoms with Crippen LogP contribution in [0.3, 0.4) is 0 Å². The number of rotatable bonds is 3. The van der Waals surface area contributed by atoms with E-state index in [-0.39, 0.29) is 12.5 Å². The smallest absolute Gasteiger partial charge is 0.281 e. The molecule has 23 heavy (non-hydrogen) atoms. The van der Waals surface area contributed by atoms with Gasteiger partial charge in [0.2, 0.25) is 0 Å². The summed E-state index contributed by atoms with van der Waals surface area (Å²) in [7, 11) is -0.311. The van der Waals surface area contributed by atoms with E-state index in [4.69, 9.17) is 4.74 Å².